The van der Waals surface area contributed by atoms with Gasteiger partial charge in [-0.05, 0) is 32.9 Å². The molecule has 19 heavy (non-hydrogen) atoms. The third-order valence-electron chi connectivity index (χ3n) is 2.79. The highest BCUT2D eigenvalue weighted by atomic mass is 15.0. The predicted molar refractivity (Wildman–Crippen MR) is 77.9 cm³/mol. The minimum Gasteiger partial charge on any atom is -0.367 e. The maximum atomic E-state index is 9.10. The molecule has 1 aromatic heterocycles. The van der Waals surface area contributed by atoms with E-state index in [1.165, 1.54) is 5.56 Å². The monoisotopic (exact) mass is 251 g/mol. The molecule has 0 spiro atoms. The van der Waals surface area contributed by atoms with Crippen LogP contribution in [0.4, 0.5) is 5.82 Å². The number of nitriles is 1. The minimum atomic E-state index is 0.243. The fourth-order valence-electron chi connectivity index (χ4n) is 1.82. The number of aryl methyl sites for hydroxylation is 1. The molecular formula is C16H17N3. The van der Waals surface area contributed by atoms with Crippen molar-refractivity contribution >= 4 is 5.82 Å². The lowest BCUT2D eigenvalue weighted by atomic mass is 10.1. The Morgan fingerprint density at radius 3 is 2.37 bits per heavy atom. The number of aromatic nitrogens is 1. The van der Waals surface area contributed by atoms with Gasteiger partial charge in [0.15, 0.2) is 0 Å². The lowest BCUT2D eigenvalue weighted by molar-refractivity contribution is 0.888. The summed E-state index contributed by atoms with van der Waals surface area (Å²) in [6.45, 7) is 6.12. The average molecular weight is 251 g/mol. The Kier molecular flexibility index (Phi) is 3.82. The fourth-order valence-corrected chi connectivity index (χ4v) is 1.82. The second-order valence-corrected chi connectivity index (χ2v) is 4.87. The van der Waals surface area contributed by atoms with E-state index in [2.05, 4.69) is 35.4 Å². The molecule has 0 aliphatic rings. The van der Waals surface area contributed by atoms with Crippen molar-refractivity contribution in [3.05, 3.63) is 47.5 Å². The molecule has 3 heteroatoms. The van der Waals surface area contributed by atoms with Crippen molar-refractivity contribution in [2.45, 2.75) is 26.8 Å². The Balaban J connectivity index is 2.43. The molecular weight excluding hydrogens is 234 g/mol. The van der Waals surface area contributed by atoms with Gasteiger partial charge >= 0.3 is 0 Å². The molecule has 0 bridgehead atoms. The van der Waals surface area contributed by atoms with Crippen molar-refractivity contribution in [2.75, 3.05) is 5.32 Å². The van der Waals surface area contributed by atoms with Gasteiger partial charge in [0.2, 0.25) is 0 Å². The number of hydrogen-bond donors (Lipinski definition) is 1. The van der Waals surface area contributed by atoms with E-state index >= 15 is 0 Å². The Morgan fingerprint density at radius 1 is 1.11 bits per heavy atom. The van der Waals surface area contributed by atoms with Crippen LogP contribution in [-0.4, -0.2) is 11.0 Å². The summed E-state index contributed by atoms with van der Waals surface area (Å²) in [5.74, 6) is 0.649. The minimum absolute atomic E-state index is 0.243. The van der Waals surface area contributed by atoms with Gasteiger partial charge in [-0.3, -0.25) is 0 Å². The first-order valence-corrected chi connectivity index (χ1v) is 6.35. The van der Waals surface area contributed by atoms with E-state index in [1.807, 2.05) is 38.1 Å². The summed E-state index contributed by atoms with van der Waals surface area (Å²) < 4.78 is 0. The lowest BCUT2D eigenvalue weighted by Crippen LogP contribution is -2.12. The van der Waals surface area contributed by atoms with Crippen LogP contribution in [-0.2, 0) is 0 Å². The quantitative estimate of drug-likeness (QED) is 0.903. The van der Waals surface area contributed by atoms with E-state index in [4.69, 9.17) is 5.26 Å². The number of rotatable bonds is 3. The normalized spacial score (nSPS) is 10.3. The van der Waals surface area contributed by atoms with Gasteiger partial charge in [-0.25, -0.2) is 4.98 Å². The molecule has 0 aliphatic heterocycles. The molecule has 2 rings (SSSR count). The number of benzene rings is 1. The molecule has 2 aromatic rings. The molecule has 3 nitrogen and oxygen atoms in total. The Hall–Kier alpha value is -2.34. The van der Waals surface area contributed by atoms with E-state index in [-0.39, 0.29) is 6.04 Å². The molecule has 96 valence electrons. The summed E-state index contributed by atoms with van der Waals surface area (Å²) in [5.41, 5.74) is 3.73. The zero-order valence-corrected chi connectivity index (χ0v) is 11.4. The zero-order chi connectivity index (χ0) is 13.8. The molecule has 0 aliphatic carbocycles. The summed E-state index contributed by atoms with van der Waals surface area (Å²) >= 11 is 0. The topological polar surface area (TPSA) is 48.7 Å². The molecule has 0 amide bonds. The SMILES string of the molecule is Cc1ccc(-c2ccc(C#N)c(NC(C)C)n2)cc1. The van der Waals surface area contributed by atoms with Crippen LogP contribution in [0.3, 0.4) is 0 Å². The standard InChI is InChI=1S/C16H17N3/c1-11(2)18-16-14(10-17)8-9-15(19-16)13-6-4-12(3)5-7-13/h4-9,11H,1-3H3,(H,18,19). The molecule has 1 N–H and O–H groups in total. The number of anilines is 1. The second-order valence-electron chi connectivity index (χ2n) is 4.87. The molecule has 0 atom stereocenters. The van der Waals surface area contributed by atoms with Crippen LogP contribution >= 0.6 is 0 Å². The van der Waals surface area contributed by atoms with Crippen molar-refractivity contribution in [1.29, 1.82) is 5.26 Å². The van der Waals surface area contributed by atoms with E-state index in [0.29, 0.717) is 11.4 Å². The summed E-state index contributed by atoms with van der Waals surface area (Å²) in [6, 6.07) is 14.3. The molecule has 0 saturated carbocycles. The van der Waals surface area contributed by atoms with Crippen molar-refractivity contribution < 1.29 is 0 Å². The lowest BCUT2D eigenvalue weighted by Gasteiger charge is -2.12. The Labute approximate surface area is 113 Å². The molecule has 1 aromatic carbocycles. The summed E-state index contributed by atoms with van der Waals surface area (Å²) in [6.07, 6.45) is 0. The maximum absolute atomic E-state index is 9.10. The third-order valence-corrected chi connectivity index (χ3v) is 2.79. The van der Waals surface area contributed by atoms with Crippen LogP contribution in [0.25, 0.3) is 11.3 Å². The largest absolute Gasteiger partial charge is 0.367 e. The van der Waals surface area contributed by atoms with Crippen LogP contribution in [0.2, 0.25) is 0 Å². The second kappa shape index (κ2) is 5.53. The average Bonchev–Trinajstić information content (AvgIpc) is 2.39. The van der Waals surface area contributed by atoms with Gasteiger partial charge < -0.3 is 5.32 Å². The van der Waals surface area contributed by atoms with E-state index in [1.54, 1.807) is 0 Å². The highest BCUT2D eigenvalue weighted by molar-refractivity contribution is 5.65. The Morgan fingerprint density at radius 2 is 1.79 bits per heavy atom. The third kappa shape index (κ3) is 3.11. The zero-order valence-electron chi connectivity index (χ0n) is 11.4. The van der Waals surface area contributed by atoms with Crippen LogP contribution in [0, 0.1) is 18.3 Å². The molecule has 0 fully saturated rings. The Bertz CT molecular complexity index is 607. The first kappa shape index (κ1) is 13.1. The molecule has 0 saturated heterocycles. The summed E-state index contributed by atoms with van der Waals surface area (Å²) in [4.78, 5) is 4.55. The first-order valence-electron chi connectivity index (χ1n) is 6.35. The van der Waals surface area contributed by atoms with Crippen LogP contribution in [0.15, 0.2) is 36.4 Å². The molecule has 0 radical (unpaired) electrons. The van der Waals surface area contributed by atoms with Gasteiger partial charge in [-0.2, -0.15) is 5.26 Å². The van der Waals surface area contributed by atoms with Gasteiger partial charge in [-0.15, -0.1) is 0 Å². The van der Waals surface area contributed by atoms with Gasteiger partial charge in [0, 0.05) is 11.6 Å². The van der Waals surface area contributed by atoms with E-state index < -0.39 is 0 Å². The van der Waals surface area contributed by atoms with E-state index in [9.17, 15) is 0 Å². The summed E-state index contributed by atoms with van der Waals surface area (Å²) in [5, 5.41) is 12.3. The van der Waals surface area contributed by atoms with Crippen molar-refractivity contribution in [3.63, 3.8) is 0 Å². The molecule has 1 heterocycles. The van der Waals surface area contributed by atoms with Crippen LogP contribution in [0.5, 0.6) is 0 Å². The van der Waals surface area contributed by atoms with Gasteiger partial charge in [0.05, 0.1) is 11.3 Å². The number of nitrogens with one attached hydrogen (secondary N) is 1. The highest BCUT2D eigenvalue weighted by Gasteiger charge is 2.08. The number of hydrogen-bond acceptors (Lipinski definition) is 3. The van der Waals surface area contributed by atoms with Crippen LogP contribution < -0.4 is 5.32 Å². The van der Waals surface area contributed by atoms with Gasteiger partial charge in [0.1, 0.15) is 11.9 Å². The maximum Gasteiger partial charge on any atom is 0.144 e. The molecule has 0 unspecified atom stereocenters. The van der Waals surface area contributed by atoms with Gasteiger partial charge in [0.25, 0.3) is 0 Å². The smallest absolute Gasteiger partial charge is 0.144 e. The van der Waals surface area contributed by atoms with Crippen molar-refractivity contribution in [1.82, 2.24) is 4.98 Å². The van der Waals surface area contributed by atoms with Crippen molar-refractivity contribution in [3.8, 4) is 17.3 Å². The summed E-state index contributed by atoms with van der Waals surface area (Å²) in [7, 11) is 0. The number of nitrogens with zero attached hydrogens (tertiary/aromatic N) is 2. The van der Waals surface area contributed by atoms with Gasteiger partial charge in [-0.1, -0.05) is 29.8 Å². The van der Waals surface area contributed by atoms with Crippen LogP contribution in [0.1, 0.15) is 25.0 Å². The highest BCUT2D eigenvalue weighted by Crippen LogP contribution is 2.22. The van der Waals surface area contributed by atoms with E-state index in [0.717, 1.165) is 11.3 Å². The fraction of sp³-hybridized carbons (Fsp3) is 0.250. The predicted octanol–water partition coefficient (Wildman–Crippen LogP) is 3.75. The van der Waals surface area contributed by atoms with Crippen molar-refractivity contribution in [2.24, 2.45) is 0 Å². The first-order chi connectivity index (χ1) is 9.10. The number of pyridine rings is 1.